The molecule has 2 amide bonds. The summed E-state index contributed by atoms with van der Waals surface area (Å²) in [5.41, 5.74) is -1.98. The predicted molar refractivity (Wildman–Crippen MR) is 164 cm³/mol. The molecule has 0 radical (unpaired) electrons. The summed E-state index contributed by atoms with van der Waals surface area (Å²) in [5, 5.41) is 10.7. The van der Waals surface area contributed by atoms with Crippen LogP contribution in [0.4, 0.5) is 26.7 Å². The molecule has 0 aliphatic carbocycles. The number of nitrogens with one attached hydrogen (secondary N) is 1. The van der Waals surface area contributed by atoms with Gasteiger partial charge in [-0.25, -0.2) is 37.7 Å². The SMILES string of the molecule is CC(C)(C)OC(=O)N1CC(F)(F)CC1C(=O)NC(Cn1c(-c2ccc(Cl)cc2)nn(Cc2ncn(-c3ncccc3Cl)n2)c1=O)C(F)(F)F. The number of hydrogen-bond acceptors (Lipinski definition) is 8. The number of carbonyl (C=O) groups is 2. The smallest absolute Gasteiger partial charge is 0.411 e. The topological polar surface area (TPSA) is 142 Å². The summed E-state index contributed by atoms with van der Waals surface area (Å²) in [5.74, 6) is -5.06. The molecule has 4 heterocycles. The number of ether oxygens (including phenoxy) is 1. The molecule has 20 heteroatoms. The van der Waals surface area contributed by atoms with Crippen molar-refractivity contribution in [1.29, 1.82) is 0 Å². The van der Waals surface area contributed by atoms with Gasteiger partial charge in [-0.1, -0.05) is 23.2 Å². The fraction of sp³-hybridized carbons (Fsp3) is 0.414. The zero-order chi connectivity index (χ0) is 35.9. The lowest BCUT2D eigenvalue weighted by molar-refractivity contribution is -0.165. The van der Waals surface area contributed by atoms with Gasteiger partial charge in [0.1, 0.15) is 30.6 Å². The number of nitrogens with zero attached hydrogens (tertiary/aromatic N) is 8. The summed E-state index contributed by atoms with van der Waals surface area (Å²) in [6.45, 7) is 1.54. The summed E-state index contributed by atoms with van der Waals surface area (Å²) in [6.07, 6.45) is -4.98. The maximum atomic E-state index is 14.5. The van der Waals surface area contributed by atoms with Crippen LogP contribution >= 0.6 is 23.2 Å². The number of aromatic nitrogens is 7. The molecule has 5 rings (SSSR count). The highest BCUT2D eigenvalue weighted by atomic mass is 35.5. The Labute approximate surface area is 284 Å². The molecule has 2 atom stereocenters. The van der Waals surface area contributed by atoms with Gasteiger partial charge in [0, 0.05) is 23.2 Å². The first kappa shape index (κ1) is 35.7. The van der Waals surface area contributed by atoms with Crippen molar-refractivity contribution in [2.45, 2.75) is 70.1 Å². The van der Waals surface area contributed by atoms with Crippen molar-refractivity contribution in [2.75, 3.05) is 6.54 Å². The molecule has 13 nitrogen and oxygen atoms in total. The van der Waals surface area contributed by atoms with Gasteiger partial charge in [0.25, 0.3) is 5.92 Å². The second-order valence-corrected chi connectivity index (χ2v) is 12.9. The Bertz CT molecular complexity index is 1900. The van der Waals surface area contributed by atoms with Crippen molar-refractivity contribution < 1.29 is 36.3 Å². The average molecular weight is 732 g/mol. The van der Waals surface area contributed by atoms with E-state index >= 15 is 0 Å². The van der Waals surface area contributed by atoms with Crippen molar-refractivity contribution in [2.24, 2.45) is 0 Å². The summed E-state index contributed by atoms with van der Waals surface area (Å²) >= 11 is 12.2. The Kier molecular flexibility index (Phi) is 9.75. The van der Waals surface area contributed by atoms with E-state index in [0.29, 0.717) is 14.5 Å². The molecule has 1 fully saturated rings. The first-order valence-corrected chi connectivity index (χ1v) is 15.3. The molecule has 2 unspecified atom stereocenters. The number of carbonyl (C=O) groups excluding carboxylic acids is 2. The normalized spacial score (nSPS) is 16.9. The maximum absolute atomic E-state index is 14.5. The Morgan fingerprint density at radius 3 is 2.41 bits per heavy atom. The fourth-order valence-electron chi connectivity index (χ4n) is 4.92. The Morgan fingerprint density at radius 2 is 1.78 bits per heavy atom. The van der Waals surface area contributed by atoms with E-state index in [0.717, 1.165) is 4.68 Å². The van der Waals surface area contributed by atoms with Gasteiger partial charge in [0.15, 0.2) is 17.5 Å². The van der Waals surface area contributed by atoms with E-state index < -0.39 is 73.5 Å². The van der Waals surface area contributed by atoms with Crippen LogP contribution in [0.15, 0.2) is 53.7 Å². The van der Waals surface area contributed by atoms with E-state index in [1.165, 1.54) is 62.2 Å². The van der Waals surface area contributed by atoms with Gasteiger partial charge in [-0.05, 0) is 57.2 Å². The van der Waals surface area contributed by atoms with E-state index in [4.69, 9.17) is 27.9 Å². The van der Waals surface area contributed by atoms with Gasteiger partial charge in [-0.15, -0.1) is 10.2 Å². The molecule has 3 aromatic heterocycles. The van der Waals surface area contributed by atoms with Crippen molar-refractivity contribution >= 4 is 35.2 Å². The van der Waals surface area contributed by atoms with E-state index in [1.54, 1.807) is 17.4 Å². The van der Waals surface area contributed by atoms with Crippen LogP contribution in [0.25, 0.3) is 17.2 Å². The number of benzene rings is 1. The van der Waals surface area contributed by atoms with Gasteiger partial charge in [-0.2, -0.15) is 13.2 Å². The van der Waals surface area contributed by atoms with Crippen LogP contribution in [0.3, 0.4) is 0 Å². The Morgan fingerprint density at radius 1 is 1.08 bits per heavy atom. The van der Waals surface area contributed by atoms with Crippen LogP contribution in [-0.4, -0.2) is 87.3 Å². The van der Waals surface area contributed by atoms with Gasteiger partial charge < -0.3 is 10.1 Å². The van der Waals surface area contributed by atoms with Crippen molar-refractivity contribution in [3.8, 4) is 17.2 Å². The molecule has 0 spiro atoms. The fourth-order valence-corrected chi connectivity index (χ4v) is 5.25. The number of halogens is 7. The zero-order valence-corrected chi connectivity index (χ0v) is 27.5. The van der Waals surface area contributed by atoms with Gasteiger partial charge >= 0.3 is 18.0 Å². The highest BCUT2D eigenvalue weighted by Gasteiger charge is 2.52. The molecule has 1 aliphatic heterocycles. The lowest BCUT2D eigenvalue weighted by atomic mass is 10.1. The van der Waals surface area contributed by atoms with Crippen LogP contribution in [0.1, 0.15) is 33.0 Å². The summed E-state index contributed by atoms with van der Waals surface area (Å²) in [6, 6.07) is 4.10. The Balaban J connectivity index is 1.46. The number of alkyl halides is 5. The number of rotatable bonds is 8. The molecule has 49 heavy (non-hydrogen) atoms. The second-order valence-electron chi connectivity index (χ2n) is 12.1. The van der Waals surface area contributed by atoms with Crippen LogP contribution in [0.5, 0.6) is 0 Å². The minimum Gasteiger partial charge on any atom is -0.444 e. The molecule has 4 aromatic rings. The third kappa shape index (κ3) is 8.36. The van der Waals surface area contributed by atoms with E-state index in [9.17, 15) is 36.3 Å². The van der Waals surface area contributed by atoms with E-state index in [1.807, 2.05) is 0 Å². The highest BCUT2D eigenvalue weighted by Crippen LogP contribution is 2.34. The first-order chi connectivity index (χ1) is 22.8. The molecule has 1 aromatic carbocycles. The van der Waals surface area contributed by atoms with Crippen molar-refractivity contribution in [3.05, 3.63) is 75.3 Å². The van der Waals surface area contributed by atoms with Gasteiger partial charge in [0.05, 0.1) is 18.1 Å². The predicted octanol–water partition coefficient (Wildman–Crippen LogP) is 4.73. The molecule has 0 saturated carbocycles. The summed E-state index contributed by atoms with van der Waals surface area (Å²) < 4.78 is 80.1. The third-order valence-electron chi connectivity index (χ3n) is 7.09. The Hall–Kier alpha value is -4.58. The molecular weight excluding hydrogens is 704 g/mol. The van der Waals surface area contributed by atoms with Gasteiger partial charge in [0.2, 0.25) is 5.91 Å². The van der Waals surface area contributed by atoms with Crippen LogP contribution in [0.2, 0.25) is 10.0 Å². The number of likely N-dealkylation sites (tertiary alicyclic amines) is 1. The summed E-state index contributed by atoms with van der Waals surface area (Å²) in [7, 11) is 0. The largest absolute Gasteiger partial charge is 0.444 e. The van der Waals surface area contributed by atoms with Crippen molar-refractivity contribution in [3.63, 3.8) is 0 Å². The molecular formula is C29H28Cl2F5N9O4. The monoisotopic (exact) mass is 731 g/mol. The van der Waals surface area contributed by atoms with Crippen LogP contribution in [0, 0.1) is 0 Å². The standard InChI is InChI=1S/C29H28Cl2F5N9O4/c1-27(2,3)49-26(48)43-14-28(32,33)11-19(43)24(46)39-20(29(34,35)36)12-42-22(16-6-8-17(30)9-7-16)41-44(25(42)47)13-21-38-15-45(40-21)23-18(31)5-4-10-37-23/h4-10,15,19-20H,11-14H2,1-3H3,(H,39,46). The number of hydrogen-bond donors (Lipinski definition) is 1. The quantitative estimate of drug-likeness (QED) is 0.257. The van der Waals surface area contributed by atoms with Gasteiger partial charge in [-0.3, -0.25) is 14.3 Å². The lowest BCUT2D eigenvalue weighted by Gasteiger charge is -2.29. The molecule has 0 bridgehead atoms. The van der Waals surface area contributed by atoms with Crippen LogP contribution in [-0.2, 0) is 22.6 Å². The van der Waals surface area contributed by atoms with E-state index in [-0.39, 0.29) is 28.1 Å². The first-order valence-electron chi connectivity index (χ1n) is 14.5. The van der Waals surface area contributed by atoms with E-state index in [2.05, 4.69) is 20.2 Å². The molecule has 1 aliphatic rings. The maximum Gasteiger partial charge on any atom is 0.411 e. The van der Waals surface area contributed by atoms with Crippen LogP contribution < -0.4 is 11.0 Å². The minimum absolute atomic E-state index is 0.0289. The number of amides is 2. The number of pyridine rings is 1. The van der Waals surface area contributed by atoms with Crippen molar-refractivity contribution in [1.82, 2.24) is 44.3 Å². The zero-order valence-electron chi connectivity index (χ0n) is 26.0. The minimum atomic E-state index is -5.19. The highest BCUT2D eigenvalue weighted by molar-refractivity contribution is 6.32. The average Bonchev–Trinajstić information content (AvgIpc) is 3.68. The third-order valence-corrected chi connectivity index (χ3v) is 7.64. The molecule has 262 valence electrons. The second kappa shape index (κ2) is 13.4. The molecule has 1 saturated heterocycles. The summed E-state index contributed by atoms with van der Waals surface area (Å²) in [4.78, 5) is 48.1. The lowest BCUT2D eigenvalue weighted by Crippen LogP contribution is -2.55. The molecule has 1 N–H and O–H groups in total.